The number of halogens is 3. The monoisotopic (exact) mass is 309 g/mol. The van der Waals surface area contributed by atoms with Crippen LogP contribution in [-0.4, -0.2) is 40.8 Å². The molecule has 1 aliphatic heterocycles. The van der Waals surface area contributed by atoms with Gasteiger partial charge >= 0.3 is 6.18 Å². The maximum Gasteiger partial charge on any atom is 0.389 e. The molecule has 21 heavy (non-hydrogen) atoms. The first-order chi connectivity index (χ1) is 9.72. The number of amides is 1. The maximum atomic E-state index is 12.5. The van der Waals surface area contributed by atoms with E-state index in [4.69, 9.17) is 5.11 Å². The first kappa shape index (κ1) is 18.3. The Morgan fingerprint density at radius 2 is 2.10 bits per heavy atom. The van der Waals surface area contributed by atoms with Gasteiger partial charge in [0.15, 0.2) is 0 Å². The Morgan fingerprint density at radius 1 is 1.43 bits per heavy atom. The lowest BCUT2D eigenvalue weighted by molar-refractivity contribution is -0.150. The molecule has 0 aliphatic carbocycles. The second kappa shape index (κ2) is 7.47. The van der Waals surface area contributed by atoms with Gasteiger partial charge in [0, 0.05) is 31.5 Å². The summed E-state index contributed by atoms with van der Waals surface area (Å²) in [5, 5.41) is 8.95. The molecule has 0 bridgehead atoms. The Balaban J connectivity index is 2.64. The zero-order valence-corrected chi connectivity index (χ0v) is 12.9. The SMILES string of the molecule is CCC(CC(=O)N1CCCC1(C)CCCO)CC(F)(F)F. The van der Waals surface area contributed by atoms with Crippen LogP contribution < -0.4 is 0 Å². The molecule has 0 radical (unpaired) electrons. The molecule has 1 fully saturated rings. The second-order valence-corrected chi connectivity index (χ2v) is 6.27. The second-order valence-electron chi connectivity index (χ2n) is 6.27. The molecule has 0 saturated carbocycles. The Morgan fingerprint density at radius 3 is 2.62 bits per heavy atom. The smallest absolute Gasteiger partial charge is 0.389 e. The van der Waals surface area contributed by atoms with Crippen molar-refractivity contribution in [3.05, 3.63) is 0 Å². The predicted octanol–water partition coefficient (Wildman–Crippen LogP) is 3.51. The molecule has 0 aromatic heterocycles. The van der Waals surface area contributed by atoms with Gasteiger partial charge in [-0.2, -0.15) is 13.2 Å². The average Bonchev–Trinajstić information content (AvgIpc) is 2.76. The third-order valence-corrected chi connectivity index (χ3v) is 4.48. The van der Waals surface area contributed by atoms with E-state index in [1.165, 1.54) is 0 Å². The third-order valence-electron chi connectivity index (χ3n) is 4.48. The van der Waals surface area contributed by atoms with Crippen molar-refractivity contribution >= 4 is 5.91 Å². The molecule has 1 aliphatic rings. The largest absolute Gasteiger partial charge is 0.396 e. The quantitative estimate of drug-likeness (QED) is 0.782. The Labute approximate surface area is 124 Å². The lowest BCUT2D eigenvalue weighted by Gasteiger charge is -2.36. The number of nitrogens with zero attached hydrogens (tertiary/aromatic N) is 1. The van der Waals surface area contributed by atoms with Gasteiger partial charge in [-0.25, -0.2) is 0 Å². The van der Waals surface area contributed by atoms with Gasteiger partial charge in [-0.3, -0.25) is 4.79 Å². The highest BCUT2D eigenvalue weighted by Gasteiger charge is 2.40. The molecule has 0 aromatic rings. The van der Waals surface area contributed by atoms with Crippen molar-refractivity contribution < 1.29 is 23.1 Å². The zero-order valence-electron chi connectivity index (χ0n) is 12.9. The summed E-state index contributed by atoms with van der Waals surface area (Å²) in [5.41, 5.74) is -0.309. The maximum absolute atomic E-state index is 12.5. The van der Waals surface area contributed by atoms with Crippen LogP contribution >= 0.6 is 0 Å². The number of aliphatic hydroxyl groups is 1. The van der Waals surface area contributed by atoms with Crippen LogP contribution in [0, 0.1) is 5.92 Å². The molecule has 2 unspecified atom stereocenters. The number of likely N-dealkylation sites (tertiary alicyclic amines) is 1. The highest BCUT2D eigenvalue weighted by Crippen LogP contribution is 2.35. The van der Waals surface area contributed by atoms with Gasteiger partial charge in [-0.15, -0.1) is 0 Å². The van der Waals surface area contributed by atoms with E-state index >= 15 is 0 Å². The van der Waals surface area contributed by atoms with E-state index < -0.39 is 18.5 Å². The van der Waals surface area contributed by atoms with Gasteiger partial charge in [-0.05, 0) is 38.5 Å². The van der Waals surface area contributed by atoms with Crippen molar-refractivity contribution in [2.24, 2.45) is 5.92 Å². The number of hydrogen-bond donors (Lipinski definition) is 1. The number of carbonyl (C=O) groups is 1. The molecule has 1 N–H and O–H groups in total. The van der Waals surface area contributed by atoms with Gasteiger partial charge in [0.1, 0.15) is 0 Å². The highest BCUT2D eigenvalue weighted by atomic mass is 19.4. The molecule has 2 atom stereocenters. The summed E-state index contributed by atoms with van der Waals surface area (Å²) in [6.45, 7) is 4.35. The lowest BCUT2D eigenvalue weighted by atomic mass is 9.91. The Kier molecular flexibility index (Phi) is 6.50. The van der Waals surface area contributed by atoms with Crippen LogP contribution in [0.1, 0.15) is 58.8 Å². The Hall–Kier alpha value is -0.780. The van der Waals surface area contributed by atoms with Crippen LogP contribution in [0.15, 0.2) is 0 Å². The molecule has 0 spiro atoms. The molecular weight excluding hydrogens is 283 g/mol. The van der Waals surface area contributed by atoms with Crippen molar-refractivity contribution in [2.45, 2.75) is 70.5 Å². The van der Waals surface area contributed by atoms with Gasteiger partial charge in [0.2, 0.25) is 5.91 Å². The van der Waals surface area contributed by atoms with E-state index in [-0.39, 0.29) is 24.5 Å². The van der Waals surface area contributed by atoms with Crippen LogP contribution in [-0.2, 0) is 4.79 Å². The molecule has 1 heterocycles. The first-order valence-electron chi connectivity index (χ1n) is 7.70. The van der Waals surface area contributed by atoms with Crippen LogP contribution in [0.4, 0.5) is 13.2 Å². The molecule has 1 amide bonds. The van der Waals surface area contributed by atoms with Crippen molar-refractivity contribution in [1.82, 2.24) is 4.90 Å². The minimum atomic E-state index is -4.22. The standard InChI is InChI=1S/C15H26F3NO2/c1-3-12(11-15(16,17)18)10-13(21)19-8-4-6-14(19,2)7-5-9-20/h12,20H,3-11H2,1-2H3. The molecule has 3 nitrogen and oxygen atoms in total. The molecular formula is C15H26F3NO2. The molecule has 1 rings (SSSR count). The van der Waals surface area contributed by atoms with Crippen molar-refractivity contribution in [2.75, 3.05) is 13.2 Å². The van der Waals surface area contributed by atoms with E-state index in [2.05, 4.69) is 0 Å². The normalized spacial score (nSPS) is 24.4. The summed E-state index contributed by atoms with van der Waals surface area (Å²) in [7, 11) is 0. The van der Waals surface area contributed by atoms with Crippen molar-refractivity contribution in [1.29, 1.82) is 0 Å². The summed E-state index contributed by atoms with van der Waals surface area (Å²) in [5.74, 6) is -0.816. The average molecular weight is 309 g/mol. The topological polar surface area (TPSA) is 40.5 Å². The van der Waals surface area contributed by atoms with Gasteiger partial charge in [-0.1, -0.05) is 13.3 Å². The fraction of sp³-hybridized carbons (Fsp3) is 0.933. The molecule has 124 valence electrons. The van der Waals surface area contributed by atoms with Gasteiger partial charge in [0.05, 0.1) is 0 Å². The summed E-state index contributed by atoms with van der Waals surface area (Å²) in [6, 6.07) is 0. The van der Waals surface area contributed by atoms with Crippen LogP contribution in [0.2, 0.25) is 0 Å². The lowest BCUT2D eigenvalue weighted by Crippen LogP contribution is -2.45. The predicted molar refractivity (Wildman–Crippen MR) is 74.7 cm³/mol. The van der Waals surface area contributed by atoms with Gasteiger partial charge in [0.25, 0.3) is 0 Å². The summed E-state index contributed by atoms with van der Waals surface area (Å²) in [6.07, 6.45) is -1.75. The fourth-order valence-corrected chi connectivity index (χ4v) is 3.21. The number of aliphatic hydroxyl groups excluding tert-OH is 1. The van der Waals surface area contributed by atoms with E-state index in [1.54, 1.807) is 11.8 Å². The minimum absolute atomic E-state index is 0.0370. The molecule has 1 saturated heterocycles. The van der Waals surface area contributed by atoms with Gasteiger partial charge < -0.3 is 10.0 Å². The fourth-order valence-electron chi connectivity index (χ4n) is 3.21. The van der Waals surface area contributed by atoms with Crippen molar-refractivity contribution in [3.8, 4) is 0 Å². The number of alkyl halides is 3. The third kappa shape index (κ3) is 5.49. The molecule has 0 aromatic carbocycles. The summed E-state index contributed by atoms with van der Waals surface area (Å²) < 4.78 is 37.5. The number of hydrogen-bond acceptors (Lipinski definition) is 2. The van der Waals surface area contributed by atoms with Crippen LogP contribution in [0.3, 0.4) is 0 Å². The Bertz CT molecular complexity index is 346. The summed E-state index contributed by atoms with van der Waals surface area (Å²) >= 11 is 0. The first-order valence-corrected chi connectivity index (χ1v) is 7.70. The van der Waals surface area contributed by atoms with Crippen LogP contribution in [0.5, 0.6) is 0 Å². The van der Waals surface area contributed by atoms with Crippen molar-refractivity contribution in [3.63, 3.8) is 0 Å². The van der Waals surface area contributed by atoms with E-state index in [1.807, 2.05) is 6.92 Å². The van der Waals surface area contributed by atoms with E-state index in [0.29, 0.717) is 25.8 Å². The van der Waals surface area contributed by atoms with E-state index in [9.17, 15) is 18.0 Å². The highest BCUT2D eigenvalue weighted by molar-refractivity contribution is 5.77. The number of rotatable bonds is 7. The summed E-state index contributed by atoms with van der Waals surface area (Å²) in [4.78, 5) is 14.1. The minimum Gasteiger partial charge on any atom is -0.396 e. The van der Waals surface area contributed by atoms with Crippen LogP contribution in [0.25, 0.3) is 0 Å². The number of carbonyl (C=O) groups excluding carboxylic acids is 1. The molecule has 6 heteroatoms. The van der Waals surface area contributed by atoms with E-state index in [0.717, 1.165) is 12.8 Å². The zero-order chi connectivity index (χ0) is 16.1.